The molecule has 25 heavy (non-hydrogen) atoms. The van der Waals surface area contributed by atoms with E-state index in [4.69, 9.17) is 0 Å². The topological polar surface area (TPSA) is 86.0 Å². The summed E-state index contributed by atoms with van der Waals surface area (Å²) in [6.07, 6.45) is 1.94. The van der Waals surface area contributed by atoms with Gasteiger partial charge in [-0.3, -0.25) is 18.7 Å². The Balaban J connectivity index is 2.79. The van der Waals surface area contributed by atoms with E-state index in [1.807, 2.05) is 34.6 Å². The lowest BCUT2D eigenvalue weighted by Crippen LogP contribution is -2.38. The van der Waals surface area contributed by atoms with Crippen molar-refractivity contribution >= 4 is 22.6 Å². The largest absolute Gasteiger partial charge is 0.332 e. The lowest BCUT2D eigenvalue weighted by Gasteiger charge is -2.20. The van der Waals surface area contributed by atoms with Crippen LogP contribution in [-0.4, -0.2) is 20.0 Å². The minimum Gasteiger partial charge on any atom is -0.325 e. The number of anilines is 1. The van der Waals surface area contributed by atoms with Gasteiger partial charge in [-0.2, -0.15) is 0 Å². The normalized spacial score (nSPS) is 12.0. The van der Waals surface area contributed by atoms with Gasteiger partial charge in [0.2, 0.25) is 5.91 Å². The Morgan fingerprint density at radius 3 is 2.32 bits per heavy atom. The van der Waals surface area contributed by atoms with E-state index in [9.17, 15) is 14.4 Å². The Hall–Kier alpha value is -2.44. The van der Waals surface area contributed by atoms with Crippen LogP contribution in [0.2, 0.25) is 0 Å². The van der Waals surface area contributed by atoms with Crippen molar-refractivity contribution in [3.63, 3.8) is 0 Å². The Kier molecular flexibility index (Phi) is 4.88. The molecular weight excluding hydrogens is 320 g/mol. The second-order valence-electron chi connectivity index (χ2n) is 7.93. The fourth-order valence-electron chi connectivity index (χ4n) is 2.78. The zero-order chi connectivity index (χ0) is 19.1. The summed E-state index contributed by atoms with van der Waals surface area (Å²) in [4.78, 5) is 41.7. The Labute approximate surface area is 146 Å². The molecule has 0 spiro atoms. The molecule has 7 nitrogen and oxygen atoms in total. The van der Waals surface area contributed by atoms with Gasteiger partial charge in [-0.15, -0.1) is 0 Å². The smallest absolute Gasteiger partial charge is 0.325 e. The summed E-state index contributed by atoms with van der Waals surface area (Å²) in [5.41, 5.74) is 0.399. The quantitative estimate of drug-likeness (QED) is 0.922. The van der Waals surface area contributed by atoms with Crippen LogP contribution in [0.1, 0.15) is 52.5 Å². The minimum absolute atomic E-state index is 0.0591. The monoisotopic (exact) mass is 346 g/mol. The number of hydrogen-bond donors (Lipinski definition) is 1. The molecule has 2 aromatic heterocycles. The van der Waals surface area contributed by atoms with Crippen molar-refractivity contribution in [1.29, 1.82) is 0 Å². The van der Waals surface area contributed by atoms with Crippen molar-refractivity contribution < 1.29 is 4.79 Å². The fourth-order valence-corrected chi connectivity index (χ4v) is 2.78. The highest BCUT2D eigenvalue weighted by Crippen LogP contribution is 2.29. The Morgan fingerprint density at radius 1 is 1.20 bits per heavy atom. The van der Waals surface area contributed by atoms with Crippen molar-refractivity contribution in [1.82, 2.24) is 14.1 Å². The highest BCUT2D eigenvalue weighted by atomic mass is 16.2. The summed E-state index contributed by atoms with van der Waals surface area (Å²) in [6, 6.07) is 0. The maximum absolute atomic E-state index is 12.7. The van der Waals surface area contributed by atoms with Crippen LogP contribution < -0.4 is 16.6 Å². The van der Waals surface area contributed by atoms with Crippen molar-refractivity contribution in [2.24, 2.45) is 19.5 Å². The number of aromatic nitrogens is 3. The zero-order valence-electron chi connectivity index (χ0n) is 15.9. The van der Waals surface area contributed by atoms with Crippen molar-refractivity contribution in [2.75, 3.05) is 5.32 Å². The lowest BCUT2D eigenvalue weighted by molar-refractivity contribution is -0.117. The third-order valence-corrected chi connectivity index (χ3v) is 4.08. The molecule has 0 aliphatic heterocycles. The van der Waals surface area contributed by atoms with Crippen LogP contribution in [0.3, 0.4) is 0 Å². The SMILES string of the molecule is CC(C)c1cnc2c(c1NC(=O)CC(C)(C)C)c(=O)n(C)c(=O)n2C. The van der Waals surface area contributed by atoms with Crippen LogP contribution >= 0.6 is 0 Å². The standard InChI is InChI=1S/C18H26N4O3/c1-10(2)11-9-19-15-13(16(24)22(7)17(25)21(15)6)14(11)20-12(23)8-18(3,4)5/h9-10H,8H2,1-7H3,(H,19,20,23). The van der Waals surface area contributed by atoms with Crippen LogP contribution in [0.5, 0.6) is 0 Å². The predicted molar refractivity (Wildman–Crippen MR) is 99.0 cm³/mol. The van der Waals surface area contributed by atoms with E-state index in [0.29, 0.717) is 12.1 Å². The molecule has 0 aliphatic carbocycles. The molecule has 0 radical (unpaired) electrons. The van der Waals surface area contributed by atoms with E-state index in [0.717, 1.165) is 10.1 Å². The highest BCUT2D eigenvalue weighted by molar-refractivity contribution is 6.01. The van der Waals surface area contributed by atoms with Gasteiger partial charge in [-0.1, -0.05) is 34.6 Å². The van der Waals surface area contributed by atoms with E-state index in [2.05, 4.69) is 10.3 Å². The van der Waals surface area contributed by atoms with Crippen molar-refractivity contribution in [3.8, 4) is 0 Å². The number of rotatable bonds is 3. The molecule has 136 valence electrons. The number of fused-ring (bicyclic) bond motifs is 1. The van der Waals surface area contributed by atoms with Crippen LogP contribution in [0.4, 0.5) is 5.69 Å². The Bertz CT molecular complexity index is 946. The molecule has 2 rings (SSSR count). The summed E-state index contributed by atoms with van der Waals surface area (Å²) in [6.45, 7) is 9.86. The first-order chi connectivity index (χ1) is 11.4. The maximum Gasteiger partial charge on any atom is 0.332 e. The van der Waals surface area contributed by atoms with Gasteiger partial charge in [0.1, 0.15) is 5.39 Å². The first-order valence-electron chi connectivity index (χ1n) is 8.32. The van der Waals surface area contributed by atoms with Crippen LogP contribution in [0, 0.1) is 5.41 Å². The molecule has 1 amide bonds. The summed E-state index contributed by atoms with van der Waals surface area (Å²) < 4.78 is 2.35. The molecule has 0 atom stereocenters. The average Bonchev–Trinajstić information content (AvgIpc) is 2.48. The van der Waals surface area contributed by atoms with Gasteiger partial charge in [-0.05, 0) is 16.9 Å². The summed E-state index contributed by atoms with van der Waals surface area (Å²) in [7, 11) is 2.99. The van der Waals surface area contributed by atoms with E-state index in [-0.39, 0.29) is 28.3 Å². The van der Waals surface area contributed by atoms with Gasteiger partial charge in [0.25, 0.3) is 5.56 Å². The first-order valence-corrected chi connectivity index (χ1v) is 8.32. The average molecular weight is 346 g/mol. The van der Waals surface area contributed by atoms with Crippen molar-refractivity contribution in [3.05, 3.63) is 32.6 Å². The number of nitrogens with one attached hydrogen (secondary N) is 1. The van der Waals surface area contributed by atoms with Gasteiger partial charge in [0, 0.05) is 26.7 Å². The second kappa shape index (κ2) is 6.46. The number of carbonyl (C=O) groups excluding carboxylic acids is 1. The fraction of sp³-hybridized carbons (Fsp3) is 0.556. The molecule has 0 saturated carbocycles. The molecule has 0 saturated heterocycles. The molecule has 7 heteroatoms. The number of amides is 1. The molecule has 0 bridgehead atoms. The van der Waals surface area contributed by atoms with E-state index < -0.39 is 11.2 Å². The number of hydrogen-bond acceptors (Lipinski definition) is 4. The van der Waals surface area contributed by atoms with E-state index in [1.54, 1.807) is 13.2 Å². The molecular formula is C18H26N4O3. The summed E-state index contributed by atoms with van der Waals surface area (Å²) >= 11 is 0. The van der Waals surface area contributed by atoms with Crippen LogP contribution in [-0.2, 0) is 18.9 Å². The van der Waals surface area contributed by atoms with Gasteiger partial charge in [0.05, 0.1) is 5.69 Å². The number of aryl methyl sites for hydroxylation is 1. The van der Waals surface area contributed by atoms with Gasteiger partial charge >= 0.3 is 5.69 Å². The first kappa shape index (κ1) is 18.9. The summed E-state index contributed by atoms with van der Waals surface area (Å²) in [5.74, 6) is -0.110. The molecule has 2 heterocycles. The Morgan fingerprint density at radius 2 is 1.80 bits per heavy atom. The molecule has 0 aromatic carbocycles. The highest BCUT2D eigenvalue weighted by Gasteiger charge is 2.22. The third-order valence-electron chi connectivity index (χ3n) is 4.08. The lowest BCUT2D eigenvalue weighted by atomic mass is 9.91. The van der Waals surface area contributed by atoms with E-state index in [1.165, 1.54) is 11.6 Å². The number of pyridine rings is 1. The van der Waals surface area contributed by atoms with Gasteiger partial charge in [0.15, 0.2) is 5.65 Å². The minimum atomic E-state index is -0.459. The summed E-state index contributed by atoms with van der Waals surface area (Å²) in [5, 5.41) is 3.16. The molecule has 0 unspecified atom stereocenters. The zero-order valence-corrected chi connectivity index (χ0v) is 15.9. The van der Waals surface area contributed by atoms with E-state index >= 15 is 0 Å². The van der Waals surface area contributed by atoms with Gasteiger partial charge in [-0.25, -0.2) is 9.78 Å². The molecule has 1 N–H and O–H groups in total. The predicted octanol–water partition coefficient (Wildman–Crippen LogP) is 2.13. The van der Waals surface area contributed by atoms with Crippen LogP contribution in [0.25, 0.3) is 11.0 Å². The molecule has 0 fully saturated rings. The number of nitrogens with zero attached hydrogens (tertiary/aromatic N) is 3. The van der Waals surface area contributed by atoms with Crippen molar-refractivity contribution in [2.45, 2.75) is 47.0 Å². The third kappa shape index (κ3) is 3.65. The van der Waals surface area contributed by atoms with Crippen LogP contribution in [0.15, 0.2) is 15.8 Å². The van der Waals surface area contributed by atoms with Gasteiger partial charge < -0.3 is 5.32 Å². The molecule has 2 aromatic rings. The molecule has 0 aliphatic rings. The maximum atomic E-state index is 12.7. The number of carbonyl (C=O) groups is 1. The second-order valence-corrected chi connectivity index (χ2v) is 7.93.